The van der Waals surface area contributed by atoms with Crippen LogP contribution in [0, 0.1) is 0 Å². The van der Waals surface area contributed by atoms with Crippen LogP contribution in [0.5, 0.6) is 5.75 Å². The van der Waals surface area contributed by atoms with Crippen molar-refractivity contribution in [2.45, 2.75) is 31.3 Å². The van der Waals surface area contributed by atoms with E-state index in [-0.39, 0.29) is 18.0 Å². The minimum Gasteiger partial charge on any atom is -0.491 e. The summed E-state index contributed by atoms with van der Waals surface area (Å²) < 4.78 is 6.04. The second-order valence-corrected chi connectivity index (χ2v) is 8.35. The highest BCUT2D eigenvalue weighted by Gasteiger charge is 2.39. The quantitative estimate of drug-likeness (QED) is 0.727. The second-order valence-electron chi connectivity index (χ2n) is 7.53. The van der Waals surface area contributed by atoms with Crippen molar-refractivity contribution in [3.05, 3.63) is 63.6 Å². The molecule has 0 N–H and O–H groups in total. The molecule has 148 valence electrons. The summed E-state index contributed by atoms with van der Waals surface area (Å²) in [7, 11) is 1.90. The van der Waals surface area contributed by atoms with Crippen molar-refractivity contribution in [3.63, 3.8) is 0 Å². The van der Waals surface area contributed by atoms with Gasteiger partial charge in [0.2, 0.25) is 5.91 Å². The molecule has 28 heavy (non-hydrogen) atoms. The average molecular weight is 419 g/mol. The standard InChI is InChI=1S/C22H24Cl2N2O2/c1-25(21(27)13-15-8-9-17(23)18(24)12-15)22-16-6-2-3-7-20(16)28-14-19(22)26-10-4-5-11-26/h2-3,6-9,12,19,22H,4-5,10-11,13-14H2,1H3/t19-,22-/m0/s1. The Balaban J connectivity index is 1.60. The van der Waals surface area contributed by atoms with E-state index >= 15 is 0 Å². The molecular formula is C22H24Cl2N2O2. The van der Waals surface area contributed by atoms with Crippen molar-refractivity contribution in [2.24, 2.45) is 0 Å². The predicted octanol–water partition coefficient (Wildman–Crippen LogP) is 4.59. The Morgan fingerprint density at radius 1 is 1.14 bits per heavy atom. The molecule has 2 aliphatic rings. The summed E-state index contributed by atoms with van der Waals surface area (Å²) in [6, 6.07) is 13.6. The number of likely N-dealkylation sites (tertiary alicyclic amines) is 1. The number of fused-ring (bicyclic) bond motifs is 1. The van der Waals surface area contributed by atoms with Gasteiger partial charge in [-0.25, -0.2) is 0 Å². The van der Waals surface area contributed by atoms with E-state index in [4.69, 9.17) is 27.9 Å². The first kappa shape index (κ1) is 19.6. The Hall–Kier alpha value is -1.75. The predicted molar refractivity (Wildman–Crippen MR) is 112 cm³/mol. The van der Waals surface area contributed by atoms with Gasteiger partial charge in [0.25, 0.3) is 0 Å². The van der Waals surface area contributed by atoms with Crippen LogP contribution in [0.2, 0.25) is 10.0 Å². The summed E-state index contributed by atoms with van der Waals surface area (Å²) in [6.45, 7) is 2.72. The highest BCUT2D eigenvalue weighted by atomic mass is 35.5. The van der Waals surface area contributed by atoms with Crippen LogP contribution in [0.25, 0.3) is 0 Å². The van der Waals surface area contributed by atoms with Gasteiger partial charge in [0.15, 0.2) is 0 Å². The summed E-state index contributed by atoms with van der Waals surface area (Å²) in [5.74, 6) is 0.932. The normalized spacial score (nSPS) is 21.8. The van der Waals surface area contributed by atoms with E-state index in [1.165, 1.54) is 12.8 Å². The van der Waals surface area contributed by atoms with E-state index in [2.05, 4.69) is 11.0 Å². The van der Waals surface area contributed by atoms with Crippen molar-refractivity contribution in [1.29, 1.82) is 0 Å². The van der Waals surface area contributed by atoms with E-state index in [0.29, 0.717) is 23.1 Å². The molecule has 2 aromatic rings. The zero-order valence-corrected chi connectivity index (χ0v) is 17.4. The Morgan fingerprint density at radius 2 is 1.89 bits per heavy atom. The number of hydrogen-bond acceptors (Lipinski definition) is 3. The van der Waals surface area contributed by atoms with E-state index in [0.717, 1.165) is 30.0 Å². The van der Waals surface area contributed by atoms with Crippen LogP contribution in [0.15, 0.2) is 42.5 Å². The van der Waals surface area contributed by atoms with Crippen molar-refractivity contribution in [2.75, 3.05) is 26.7 Å². The summed E-state index contributed by atoms with van der Waals surface area (Å²) in [6.07, 6.45) is 2.69. The Bertz CT molecular complexity index is 867. The summed E-state index contributed by atoms with van der Waals surface area (Å²) >= 11 is 12.1. The molecule has 0 aromatic heterocycles. The number of likely N-dealkylation sites (N-methyl/N-ethyl adjacent to an activating group) is 1. The number of halogens is 2. The molecule has 4 nitrogen and oxygen atoms in total. The lowest BCUT2D eigenvalue weighted by Gasteiger charge is -2.43. The highest BCUT2D eigenvalue weighted by molar-refractivity contribution is 6.42. The van der Waals surface area contributed by atoms with Gasteiger partial charge in [0.1, 0.15) is 12.4 Å². The molecule has 0 bridgehead atoms. The number of benzene rings is 2. The lowest BCUT2D eigenvalue weighted by atomic mass is 9.93. The molecule has 0 aliphatic carbocycles. The van der Waals surface area contributed by atoms with Gasteiger partial charge in [-0.15, -0.1) is 0 Å². The molecule has 1 fully saturated rings. The van der Waals surface area contributed by atoms with Gasteiger partial charge in [-0.05, 0) is 49.7 Å². The van der Waals surface area contributed by atoms with E-state index in [1.807, 2.05) is 36.2 Å². The number of hydrogen-bond donors (Lipinski definition) is 0. The number of nitrogens with zero attached hydrogens (tertiary/aromatic N) is 2. The molecule has 1 saturated heterocycles. The molecule has 2 heterocycles. The zero-order chi connectivity index (χ0) is 19.7. The number of amides is 1. The molecule has 2 aromatic carbocycles. The third kappa shape index (κ3) is 3.86. The minimum atomic E-state index is -0.0293. The van der Waals surface area contributed by atoms with Crippen LogP contribution < -0.4 is 4.74 Å². The number of para-hydroxylation sites is 1. The van der Waals surface area contributed by atoms with Gasteiger partial charge in [-0.1, -0.05) is 47.5 Å². The molecule has 0 radical (unpaired) electrons. The Kier molecular flexibility index (Phi) is 5.81. The Morgan fingerprint density at radius 3 is 2.64 bits per heavy atom. The lowest BCUT2D eigenvalue weighted by molar-refractivity contribution is -0.133. The molecule has 0 unspecified atom stereocenters. The van der Waals surface area contributed by atoms with Gasteiger partial charge in [-0.3, -0.25) is 9.69 Å². The smallest absolute Gasteiger partial charge is 0.227 e. The van der Waals surface area contributed by atoms with E-state index < -0.39 is 0 Å². The fourth-order valence-corrected chi connectivity index (χ4v) is 4.60. The van der Waals surface area contributed by atoms with Crippen molar-refractivity contribution in [3.8, 4) is 5.75 Å². The van der Waals surface area contributed by atoms with Crippen LogP contribution in [-0.2, 0) is 11.2 Å². The first-order chi connectivity index (χ1) is 13.5. The Labute approximate surface area is 176 Å². The fraction of sp³-hybridized carbons (Fsp3) is 0.409. The van der Waals surface area contributed by atoms with Gasteiger partial charge in [0.05, 0.1) is 28.5 Å². The van der Waals surface area contributed by atoms with E-state index in [1.54, 1.807) is 12.1 Å². The lowest BCUT2D eigenvalue weighted by Crippen LogP contribution is -2.51. The maximum absolute atomic E-state index is 13.2. The van der Waals surface area contributed by atoms with Crippen molar-refractivity contribution >= 4 is 29.1 Å². The fourth-order valence-electron chi connectivity index (χ4n) is 4.28. The summed E-state index contributed by atoms with van der Waals surface area (Å²) in [4.78, 5) is 17.5. The third-order valence-electron chi connectivity index (χ3n) is 5.77. The number of carbonyl (C=O) groups excluding carboxylic acids is 1. The maximum atomic E-state index is 13.2. The van der Waals surface area contributed by atoms with Crippen LogP contribution >= 0.6 is 23.2 Å². The maximum Gasteiger partial charge on any atom is 0.227 e. The van der Waals surface area contributed by atoms with Gasteiger partial charge in [0, 0.05) is 12.6 Å². The van der Waals surface area contributed by atoms with Crippen molar-refractivity contribution in [1.82, 2.24) is 9.80 Å². The van der Waals surface area contributed by atoms with Gasteiger partial charge in [-0.2, -0.15) is 0 Å². The van der Waals surface area contributed by atoms with Gasteiger partial charge >= 0.3 is 0 Å². The number of carbonyl (C=O) groups is 1. The minimum absolute atomic E-state index is 0.0293. The molecule has 6 heteroatoms. The average Bonchev–Trinajstić information content (AvgIpc) is 3.24. The molecule has 0 spiro atoms. The van der Waals surface area contributed by atoms with Crippen LogP contribution in [0.3, 0.4) is 0 Å². The largest absolute Gasteiger partial charge is 0.491 e. The van der Waals surface area contributed by atoms with E-state index in [9.17, 15) is 4.79 Å². The molecular weight excluding hydrogens is 395 g/mol. The summed E-state index contributed by atoms with van der Waals surface area (Å²) in [5, 5.41) is 0.972. The summed E-state index contributed by atoms with van der Waals surface area (Å²) in [5.41, 5.74) is 1.94. The highest BCUT2D eigenvalue weighted by Crippen LogP contribution is 2.38. The third-order valence-corrected chi connectivity index (χ3v) is 6.51. The molecule has 2 aliphatic heterocycles. The second kappa shape index (κ2) is 8.32. The molecule has 1 amide bonds. The van der Waals surface area contributed by atoms with Crippen LogP contribution in [-0.4, -0.2) is 48.5 Å². The first-order valence-electron chi connectivity index (χ1n) is 9.70. The number of rotatable bonds is 4. The zero-order valence-electron chi connectivity index (χ0n) is 15.9. The monoisotopic (exact) mass is 418 g/mol. The SMILES string of the molecule is CN(C(=O)Cc1ccc(Cl)c(Cl)c1)[C@H]1c2ccccc2OC[C@@H]1N1CCCC1. The van der Waals surface area contributed by atoms with Crippen LogP contribution in [0.1, 0.15) is 30.0 Å². The molecule has 2 atom stereocenters. The molecule has 0 saturated carbocycles. The van der Waals surface area contributed by atoms with Crippen LogP contribution in [0.4, 0.5) is 0 Å². The van der Waals surface area contributed by atoms with Crippen molar-refractivity contribution < 1.29 is 9.53 Å². The molecule has 4 rings (SSSR count). The first-order valence-corrected chi connectivity index (χ1v) is 10.5. The van der Waals surface area contributed by atoms with Gasteiger partial charge < -0.3 is 9.64 Å². The topological polar surface area (TPSA) is 32.8 Å². The number of ether oxygens (including phenoxy) is 1.